The maximum atomic E-state index is 5.91. The number of nitrogens with one attached hydrogen (secondary N) is 2. The van der Waals surface area contributed by atoms with Crippen molar-refractivity contribution in [2.45, 2.75) is 18.9 Å². The highest BCUT2D eigenvalue weighted by molar-refractivity contribution is 5.99. The van der Waals surface area contributed by atoms with Gasteiger partial charge in [-0.25, -0.2) is 4.98 Å². The zero-order chi connectivity index (χ0) is 12.4. The Kier molecular flexibility index (Phi) is 3.02. The number of benzene rings is 1. The predicted molar refractivity (Wildman–Crippen MR) is 75.7 cm³/mol. The number of fused-ring (bicyclic) bond motifs is 1. The van der Waals surface area contributed by atoms with E-state index < -0.39 is 0 Å². The lowest BCUT2D eigenvalue weighted by Gasteiger charge is -2.25. The van der Waals surface area contributed by atoms with Crippen molar-refractivity contribution >= 4 is 22.3 Å². The summed E-state index contributed by atoms with van der Waals surface area (Å²) in [5.74, 6) is 0.599. The molecule has 3 rings (SSSR count). The molecular weight excluding hydrogens is 224 g/mol. The number of aromatic nitrogens is 1. The summed E-state index contributed by atoms with van der Waals surface area (Å²) in [6.45, 7) is 2.18. The van der Waals surface area contributed by atoms with Crippen molar-refractivity contribution < 1.29 is 0 Å². The van der Waals surface area contributed by atoms with E-state index in [0.717, 1.165) is 42.4 Å². The Bertz CT molecular complexity index is 546. The van der Waals surface area contributed by atoms with E-state index in [4.69, 9.17) is 5.73 Å². The second kappa shape index (κ2) is 4.82. The highest BCUT2D eigenvalue weighted by Crippen LogP contribution is 2.27. The minimum Gasteiger partial charge on any atom is -0.383 e. The Morgan fingerprint density at radius 3 is 2.83 bits per heavy atom. The number of rotatable bonds is 2. The minimum atomic E-state index is 0.547. The summed E-state index contributed by atoms with van der Waals surface area (Å²) in [4.78, 5) is 4.14. The normalized spacial score (nSPS) is 16.9. The fourth-order valence-electron chi connectivity index (χ4n) is 2.54. The molecule has 4 N–H and O–H groups in total. The van der Waals surface area contributed by atoms with E-state index in [1.165, 1.54) is 0 Å². The van der Waals surface area contributed by atoms with Crippen LogP contribution >= 0.6 is 0 Å². The van der Waals surface area contributed by atoms with Gasteiger partial charge in [-0.1, -0.05) is 12.1 Å². The van der Waals surface area contributed by atoms with Gasteiger partial charge in [0.2, 0.25) is 0 Å². The van der Waals surface area contributed by atoms with Gasteiger partial charge in [-0.2, -0.15) is 0 Å². The lowest BCUT2D eigenvalue weighted by Crippen LogP contribution is -2.35. The highest BCUT2D eigenvalue weighted by Gasteiger charge is 2.13. The van der Waals surface area contributed by atoms with Crippen molar-refractivity contribution in [1.29, 1.82) is 0 Å². The lowest BCUT2D eigenvalue weighted by molar-refractivity contribution is 0.479. The van der Waals surface area contributed by atoms with Crippen LogP contribution in [0, 0.1) is 0 Å². The van der Waals surface area contributed by atoms with Gasteiger partial charge in [-0.3, -0.25) is 0 Å². The quantitative estimate of drug-likeness (QED) is 0.753. The number of piperidine rings is 1. The van der Waals surface area contributed by atoms with Gasteiger partial charge in [0.25, 0.3) is 0 Å². The van der Waals surface area contributed by atoms with Crippen LogP contribution in [0.1, 0.15) is 12.8 Å². The summed E-state index contributed by atoms with van der Waals surface area (Å²) >= 11 is 0. The molecule has 1 aliphatic heterocycles. The Balaban J connectivity index is 1.93. The standard InChI is InChI=1S/C14H18N4/c15-14-12-2-1-3-13(11(12)6-9-17-14)18-10-4-7-16-8-5-10/h1-3,6,9-10,16,18H,4-5,7-8H2,(H2,15,17). The van der Waals surface area contributed by atoms with Crippen LogP contribution in [0.25, 0.3) is 10.8 Å². The molecule has 1 aromatic carbocycles. The Morgan fingerprint density at radius 2 is 2.00 bits per heavy atom. The number of anilines is 2. The molecule has 18 heavy (non-hydrogen) atoms. The average Bonchev–Trinajstić information content (AvgIpc) is 2.41. The molecule has 1 aliphatic rings. The van der Waals surface area contributed by atoms with Crippen LogP contribution in [0.4, 0.5) is 11.5 Å². The van der Waals surface area contributed by atoms with Crippen LogP contribution in [0.2, 0.25) is 0 Å². The first-order chi connectivity index (χ1) is 8.84. The van der Waals surface area contributed by atoms with E-state index >= 15 is 0 Å². The van der Waals surface area contributed by atoms with Crippen molar-refractivity contribution in [3.05, 3.63) is 30.5 Å². The zero-order valence-corrected chi connectivity index (χ0v) is 10.3. The Labute approximate surface area is 107 Å². The smallest absolute Gasteiger partial charge is 0.131 e. The molecule has 0 atom stereocenters. The maximum absolute atomic E-state index is 5.91. The molecule has 0 saturated carbocycles. The van der Waals surface area contributed by atoms with Crippen LogP contribution in [-0.4, -0.2) is 24.1 Å². The summed E-state index contributed by atoms with van der Waals surface area (Å²) in [6, 6.07) is 8.74. The van der Waals surface area contributed by atoms with Gasteiger partial charge in [0.05, 0.1) is 0 Å². The van der Waals surface area contributed by atoms with E-state index in [1.54, 1.807) is 6.20 Å². The second-order valence-electron chi connectivity index (χ2n) is 4.77. The topological polar surface area (TPSA) is 63.0 Å². The van der Waals surface area contributed by atoms with E-state index in [9.17, 15) is 0 Å². The molecular formula is C14H18N4. The summed E-state index contributed by atoms with van der Waals surface area (Å²) < 4.78 is 0. The number of nitrogens with zero attached hydrogens (tertiary/aromatic N) is 1. The molecule has 4 heteroatoms. The van der Waals surface area contributed by atoms with E-state index in [0.29, 0.717) is 11.9 Å². The minimum absolute atomic E-state index is 0.547. The Hall–Kier alpha value is -1.81. The Morgan fingerprint density at radius 1 is 1.17 bits per heavy atom. The molecule has 4 nitrogen and oxygen atoms in total. The molecule has 0 aliphatic carbocycles. The number of nitrogens with two attached hydrogens (primary N) is 1. The molecule has 1 fully saturated rings. The molecule has 2 aromatic rings. The molecule has 1 aromatic heterocycles. The second-order valence-corrected chi connectivity index (χ2v) is 4.77. The van der Waals surface area contributed by atoms with Gasteiger partial charge in [0, 0.05) is 28.7 Å². The van der Waals surface area contributed by atoms with E-state index in [1.807, 2.05) is 18.2 Å². The number of hydrogen-bond donors (Lipinski definition) is 3. The van der Waals surface area contributed by atoms with E-state index in [2.05, 4.69) is 21.7 Å². The summed E-state index contributed by atoms with van der Waals surface area (Å²) in [6.07, 6.45) is 4.10. The van der Waals surface area contributed by atoms with Crippen molar-refractivity contribution in [1.82, 2.24) is 10.3 Å². The van der Waals surface area contributed by atoms with Gasteiger partial charge < -0.3 is 16.4 Å². The summed E-state index contributed by atoms with van der Waals surface area (Å²) in [5.41, 5.74) is 7.07. The number of hydrogen-bond acceptors (Lipinski definition) is 4. The SMILES string of the molecule is Nc1nccc2c(NC3CCNCC3)cccc12. The highest BCUT2D eigenvalue weighted by atomic mass is 15.0. The molecule has 0 unspecified atom stereocenters. The van der Waals surface area contributed by atoms with Crippen LogP contribution in [0.3, 0.4) is 0 Å². The first-order valence-electron chi connectivity index (χ1n) is 6.45. The number of nitrogen functional groups attached to an aromatic ring is 1. The van der Waals surface area contributed by atoms with E-state index in [-0.39, 0.29) is 0 Å². The van der Waals surface area contributed by atoms with Crippen molar-refractivity contribution in [2.24, 2.45) is 0 Å². The first-order valence-corrected chi connectivity index (χ1v) is 6.45. The van der Waals surface area contributed by atoms with Gasteiger partial charge in [-0.15, -0.1) is 0 Å². The van der Waals surface area contributed by atoms with Crippen molar-refractivity contribution in [3.63, 3.8) is 0 Å². The van der Waals surface area contributed by atoms with Crippen LogP contribution < -0.4 is 16.4 Å². The molecule has 1 saturated heterocycles. The van der Waals surface area contributed by atoms with Crippen LogP contribution in [-0.2, 0) is 0 Å². The van der Waals surface area contributed by atoms with Gasteiger partial charge in [0.15, 0.2) is 0 Å². The van der Waals surface area contributed by atoms with Gasteiger partial charge in [0.1, 0.15) is 5.82 Å². The molecule has 0 radical (unpaired) electrons. The third kappa shape index (κ3) is 2.11. The first kappa shape index (κ1) is 11.3. The summed E-state index contributed by atoms with van der Waals surface area (Å²) in [7, 11) is 0. The summed E-state index contributed by atoms with van der Waals surface area (Å²) in [5, 5.41) is 9.19. The molecule has 0 spiro atoms. The number of pyridine rings is 1. The molecule has 2 heterocycles. The van der Waals surface area contributed by atoms with Crippen LogP contribution in [0.5, 0.6) is 0 Å². The predicted octanol–water partition coefficient (Wildman–Crippen LogP) is 1.98. The fourth-order valence-corrected chi connectivity index (χ4v) is 2.54. The van der Waals surface area contributed by atoms with Gasteiger partial charge >= 0.3 is 0 Å². The third-order valence-electron chi connectivity index (χ3n) is 3.54. The molecule has 0 amide bonds. The van der Waals surface area contributed by atoms with Crippen molar-refractivity contribution in [2.75, 3.05) is 24.1 Å². The molecule has 0 bridgehead atoms. The van der Waals surface area contributed by atoms with Gasteiger partial charge in [-0.05, 0) is 38.1 Å². The fraction of sp³-hybridized carbons (Fsp3) is 0.357. The zero-order valence-electron chi connectivity index (χ0n) is 10.3. The largest absolute Gasteiger partial charge is 0.383 e. The maximum Gasteiger partial charge on any atom is 0.131 e. The average molecular weight is 242 g/mol. The third-order valence-corrected chi connectivity index (χ3v) is 3.54. The van der Waals surface area contributed by atoms with Crippen LogP contribution in [0.15, 0.2) is 30.5 Å². The monoisotopic (exact) mass is 242 g/mol. The van der Waals surface area contributed by atoms with Crippen molar-refractivity contribution in [3.8, 4) is 0 Å². The lowest BCUT2D eigenvalue weighted by atomic mass is 10.0. The molecule has 94 valence electrons.